The average molecular weight is 459 g/mol. The van der Waals surface area contributed by atoms with Gasteiger partial charge in [-0.3, -0.25) is 4.72 Å². The van der Waals surface area contributed by atoms with Gasteiger partial charge >= 0.3 is 0 Å². The fourth-order valence-corrected chi connectivity index (χ4v) is 4.78. The molecule has 0 bridgehead atoms. The zero-order chi connectivity index (χ0) is 22.2. The minimum Gasteiger partial charge on any atom is -0.393 e. The van der Waals surface area contributed by atoms with E-state index >= 15 is 0 Å². The van der Waals surface area contributed by atoms with Crippen LogP contribution in [0.1, 0.15) is 24.0 Å². The molecule has 7 nitrogen and oxygen atoms in total. The Morgan fingerprint density at radius 2 is 1.65 bits per heavy atom. The summed E-state index contributed by atoms with van der Waals surface area (Å²) in [6, 6.07) is 13.8. The van der Waals surface area contributed by atoms with E-state index in [9.17, 15) is 13.5 Å². The van der Waals surface area contributed by atoms with Crippen molar-refractivity contribution >= 4 is 33.3 Å². The largest absolute Gasteiger partial charge is 0.393 e. The topological polar surface area (TPSA) is 104 Å². The van der Waals surface area contributed by atoms with E-state index in [1.165, 1.54) is 12.1 Å². The van der Waals surface area contributed by atoms with Crippen LogP contribution in [0.3, 0.4) is 0 Å². The third-order valence-electron chi connectivity index (χ3n) is 5.27. The molecule has 0 unspecified atom stereocenters. The molecule has 4 rings (SSSR count). The highest BCUT2D eigenvalue weighted by Crippen LogP contribution is 2.32. The third-order valence-corrected chi connectivity index (χ3v) is 6.83. The summed E-state index contributed by atoms with van der Waals surface area (Å²) < 4.78 is 28.4. The number of rotatable bonds is 6. The summed E-state index contributed by atoms with van der Waals surface area (Å²) in [5.74, 6) is 0.601. The molecule has 0 saturated heterocycles. The van der Waals surface area contributed by atoms with Crippen LogP contribution < -0.4 is 10.0 Å². The van der Waals surface area contributed by atoms with Crippen LogP contribution >= 0.6 is 11.6 Å². The summed E-state index contributed by atoms with van der Waals surface area (Å²) in [7, 11) is -3.96. The molecule has 1 aliphatic rings. The van der Waals surface area contributed by atoms with Crippen molar-refractivity contribution < 1.29 is 13.5 Å². The van der Waals surface area contributed by atoms with Gasteiger partial charge in [-0.2, -0.15) is 8.42 Å². The maximum Gasteiger partial charge on any atom is 0.280 e. The predicted octanol–water partition coefficient (Wildman–Crippen LogP) is 4.15. The lowest BCUT2D eigenvalue weighted by atomic mass is 9.89. The van der Waals surface area contributed by atoms with Crippen molar-refractivity contribution in [2.45, 2.75) is 43.9 Å². The molecule has 0 spiro atoms. The summed E-state index contributed by atoms with van der Waals surface area (Å²) in [6.45, 7) is 3.92. The molecule has 1 fully saturated rings. The Morgan fingerprint density at radius 3 is 2.32 bits per heavy atom. The first-order valence-electron chi connectivity index (χ1n) is 9.90. The van der Waals surface area contributed by atoms with Crippen LogP contribution in [0.25, 0.3) is 11.3 Å². The number of aryl methyl sites for hydroxylation is 2. The van der Waals surface area contributed by atoms with E-state index in [1.54, 1.807) is 18.2 Å². The van der Waals surface area contributed by atoms with Crippen LogP contribution in [-0.2, 0) is 10.0 Å². The van der Waals surface area contributed by atoms with E-state index in [-0.39, 0.29) is 23.0 Å². The summed E-state index contributed by atoms with van der Waals surface area (Å²) in [6.07, 6.45) is 0.924. The number of hydrogen-bond acceptors (Lipinski definition) is 6. The maximum absolute atomic E-state index is 12.9. The second-order valence-electron chi connectivity index (χ2n) is 7.73. The van der Waals surface area contributed by atoms with Crippen molar-refractivity contribution in [2.75, 3.05) is 10.0 Å². The predicted molar refractivity (Wildman–Crippen MR) is 122 cm³/mol. The van der Waals surface area contributed by atoms with E-state index in [1.807, 2.05) is 32.0 Å². The van der Waals surface area contributed by atoms with Gasteiger partial charge in [-0.1, -0.05) is 35.9 Å². The zero-order valence-electron chi connectivity index (χ0n) is 17.1. The Morgan fingerprint density at radius 1 is 0.968 bits per heavy atom. The minimum atomic E-state index is -3.96. The molecular weight excluding hydrogens is 436 g/mol. The van der Waals surface area contributed by atoms with Crippen molar-refractivity contribution in [3.05, 3.63) is 64.7 Å². The van der Waals surface area contributed by atoms with Crippen molar-refractivity contribution in [3.63, 3.8) is 0 Å². The van der Waals surface area contributed by atoms with Crippen LogP contribution in [0.4, 0.5) is 11.6 Å². The molecule has 2 aromatic heterocycles. The molecule has 3 aromatic rings. The third kappa shape index (κ3) is 4.66. The number of aliphatic hydroxyl groups is 1. The monoisotopic (exact) mass is 458 g/mol. The van der Waals surface area contributed by atoms with Gasteiger partial charge in [0, 0.05) is 11.6 Å². The number of nitrogens with one attached hydrogen (secondary N) is 2. The Bertz CT molecular complexity index is 1210. The number of benzene rings is 1. The lowest BCUT2D eigenvalue weighted by Gasteiger charge is -2.32. The molecule has 1 aromatic carbocycles. The summed E-state index contributed by atoms with van der Waals surface area (Å²) in [4.78, 5) is 8.70. The summed E-state index contributed by atoms with van der Waals surface area (Å²) >= 11 is 6.38. The number of aliphatic hydroxyl groups excluding tert-OH is 1. The Labute approximate surface area is 186 Å². The summed E-state index contributed by atoms with van der Waals surface area (Å²) in [5, 5.41) is 12.9. The van der Waals surface area contributed by atoms with Gasteiger partial charge in [0.05, 0.1) is 16.8 Å². The van der Waals surface area contributed by atoms with Crippen molar-refractivity contribution in [1.29, 1.82) is 0 Å². The van der Waals surface area contributed by atoms with Crippen LogP contribution in [0, 0.1) is 13.8 Å². The van der Waals surface area contributed by atoms with Crippen molar-refractivity contribution in [3.8, 4) is 11.3 Å². The van der Waals surface area contributed by atoms with Gasteiger partial charge in [0.2, 0.25) is 0 Å². The minimum absolute atomic E-state index is 0.0891. The number of aromatic nitrogens is 2. The number of pyridine rings is 2. The SMILES string of the molecule is Cc1cccc(C)c1-c1nc(NS(=O)(=O)c2cccc(N[C@H]3C[C@H](O)C3)n2)ccc1Cl. The second-order valence-corrected chi connectivity index (χ2v) is 9.76. The Hall–Kier alpha value is -2.68. The lowest BCUT2D eigenvalue weighted by molar-refractivity contribution is 0.0835. The van der Waals surface area contributed by atoms with Crippen molar-refractivity contribution in [1.82, 2.24) is 9.97 Å². The zero-order valence-corrected chi connectivity index (χ0v) is 18.7. The van der Waals surface area contributed by atoms with E-state index < -0.39 is 10.0 Å². The molecule has 1 saturated carbocycles. The number of halogens is 1. The standard InChI is InChI=1S/C22H23ClN4O3S/c1-13-5-3-6-14(2)21(13)22-17(23)9-10-19(26-22)27-31(29,30)20-8-4-7-18(25-20)24-15-11-16(28)12-15/h3-10,15-16,28H,11-12H2,1-2H3,(H,24,25)(H,26,27)/t15-,16-. The molecule has 9 heteroatoms. The lowest BCUT2D eigenvalue weighted by Crippen LogP contribution is -2.39. The fraction of sp³-hybridized carbons (Fsp3) is 0.273. The molecule has 31 heavy (non-hydrogen) atoms. The number of nitrogens with zero attached hydrogens (tertiary/aromatic N) is 2. The average Bonchev–Trinajstić information content (AvgIpc) is 2.69. The van der Waals surface area contributed by atoms with Gasteiger partial charge in [-0.05, 0) is 62.1 Å². The molecule has 0 radical (unpaired) electrons. The molecule has 0 amide bonds. The molecule has 0 atom stereocenters. The van der Waals surface area contributed by atoms with Gasteiger partial charge < -0.3 is 10.4 Å². The van der Waals surface area contributed by atoms with Gasteiger partial charge in [0.25, 0.3) is 10.0 Å². The quantitative estimate of drug-likeness (QED) is 0.512. The van der Waals surface area contributed by atoms with Crippen molar-refractivity contribution in [2.24, 2.45) is 0 Å². The van der Waals surface area contributed by atoms with E-state index in [0.29, 0.717) is 29.4 Å². The first kappa shape index (κ1) is 21.5. The highest BCUT2D eigenvalue weighted by atomic mass is 35.5. The molecule has 3 N–H and O–H groups in total. The van der Waals surface area contributed by atoms with Gasteiger partial charge in [0.15, 0.2) is 5.03 Å². The number of sulfonamides is 1. The second kappa shape index (κ2) is 8.45. The van der Waals surface area contributed by atoms with E-state index in [4.69, 9.17) is 11.6 Å². The Kier molecular flexibility index (Phi) is 5.88. The van der Waals surface area contributed by atoms with Crippen LogP contribution in [0.2, 0.25) is 5.02 Å². The normalized spacial score (nSPS) is 18.3. The summed E-state index contributed by atoms with van der Waals surface area (Å²) in [5.41, 5.74) is 3.39. The van der Waals surface area contributed by atoms with E-state index in [0.717, 1.165) is 16.7 Å². The number of hydrogen-bond donors (Lipinski definition) is 3. The van der Waals surface area contributed by atoms with Gasteiger partial charge in [-0.15, -0.1) is 0 Å². The highest BCUT2D eigenvalue weighted by Gasteiger charge is 2.27. The van der Waals surface area contributed by atoms with Crippen LogP contribution in [0.5, 0.6) is 0 Å². The van der Waals surface area contributed by atoms with Crippen LogP contribution in [-0.4, -0.2) is 35.6 Å². The van der Waals surface area contributed by atoms with Gasteiger partial charge in [-0.25, -0.2) is 9.97 Å². The van der Waals surface area contributed by atoms with Gasteiger partial charge in [0.1, 0.15) is 11.6 Å². The highest BCUT2D eigenvalue weighted by molar-refractivity contribution is 7.92. The molecule has 0 aliphatic heterocycles. The first-order chi connectivity index (χ1) is 14.7. The Balaban J connectivity index is 1.60. The van der Waals surface area contributed by atoms with Crippen LogP contribution in [0.15, 0.2) is 53.6 Å². The molecular formula is C22H23ClN4O3S. The smallest absolute Gasteiger partial charge is 0.280 e. The molecule has 2 heterocycles. The van der Waals surface area contributed by atoms with E-state index in [2.05, 4.69) is 20.0 Å². The fourth-order valence-electron chi connectivity index (χ4n) is 3.61. The first-order valence-corrected chi connectivity index (χ1v) is 11.8. The maximum atomic E-state index is 12.9. The molecule has 162 valence electrons. The number of anilines is 2. The molecule has 1 aliphatic carbocycles.